The average molecular weight is 471 g/mol. The predicted octanol–water partition coefficient (Wildman–Crippen LogP) is 6.37. The number of anilines is 2. The van der Waals surface area contributed by atoms with Crippen molar-refractivity contribution in [1.29, 1.82) is 0 Å². The average Bonchev–Trinajstić information content (AvgIpc) is 3.01. The molecule has 3 aromatic rings. The molecule has 0 spiro atoms. The highest BCUT2D eigenvalue weighted by molar-refractivity contribution is 6.09. The topological polar surface area (TPSA) is 69.6 Å². The normalized spacial score (nSPS) is 15.3. The van der Waals surface area contributed by atoms with E-state index < -0.39 is 6.10 Å². The Bertz CT molecular complexity index is 1230. The van der Waals surface area contributed by atoms with E-state index in [-0.39, 0.29) is 11.8 Å². The van der Waals surface area contributed by atoms with Gasteiger partial charge in [0.15, 0.2) is 0 Å². The number of aryl methyl sites for hydroxylation is 3. The Kier molecular flexibility index (Phi) is 7.67. The minimum atomic E-state index is -0.565. The Morgan fingerprint density at radius 1 is 1.00 bits per heavy atom. The first-order valence-corrected chi connectivity index (χ1v) is 12.5. The summed E-state index contributed by atoms with van der Waals surface area (Å²) in [5, 5.41) is 13.7. The van der Waals surface area contributed by atoms with E-state index in [1.165, 1.54) is 5.56 Å². The zero-order valence-corrected chi connectivity index (χ0v) is 20.8. The number of aliphatic hydroxyl groups is 1. The summed E-state index contributed by atoms with van der Waals surface area (Å²) in [6, 6.07) is 19.0. The first-order chi connectivity index (χ1) is 16.9. The smallest absolute Gasteiger partial charge is 0.258 e. The number of fused-ring (bicyclic) bond motifs is 1. The first kappa shape index (κ1) is 24.7. The van der Waals surface area contributed by atoms with Crippen molar-refractivity contribution in [2.75, 3.05) is 16.8 Å². The van der Waals surface area contributed by atoms with E-state index in [0.29, 0.717) is 29.8 Å². The van der Waals surface area contributed by atoms with Gasteiger partial charge in [0.05, 0.1) is 6.10 Å². The number of carbonyl (C=O) groups is 2. The van der Waals surface area contributed by atoms with Crippen LogP contribution in [0.5, 0.6) is 0 Å². The summed E-state index contributed by atoms with van der Waals surface area (Å²) in [6.07, 6.45) is 3.99. The summed E-state index contributed by atoms with van der Waals surface area (Å²) in [4.78, 5) is 28.2. The standard InChI is InChI=1S/C30H34N2O3/c1-4-5-10-22-13-16-27-26(19-22)28(33)12-8-17-32(27)30(35)25-15-14-23(18-21(25)3)31-29(34)24-11-7-6-9-20(24)2/h6-7,9,11,13-16,18-19,28,33H,4-5,8,10,12,17H2,1-3H3,(H,31,34). The summed E-state index contributed by atoms with van der Waals surface area (Å²) >= 11 is 0. The van der Waals surface area contributed by atoms with Gasteiger partial charge in [0, 0.05) is 34.6 Å². The maximum atomic E-state index is 13.7. The van der Waals surface area contributed by atoms with Crippen molar-refractivity contribution in [2.24, 2.45) is 0 Å². The first-order valence-electron chi connectivity index (χ1n) is 12.5. The van der Waals surface area contributed by atoms with Crippen LogP contribution in [-0.2, 0) is 6.42 Å². The molecular weight excluding hydrogens is 436 g/mol. The van der Waals surface area contributed by atoms with E-state index in [2.05, 4.69) is 24.4 Å². The van der Waals surface area contributed by atoms with Crippen molar-refractivity contribution >= 4 is 23.2 Å². The monoisotopic (exact) mass is 470 g/mol. The zero-order valence-electron chi connectivity index (χ0n) is 20.8. The summed E-state index contributed by atoms with van der Waals surface area (Å²) in [6.45, 7) is 6.52. The lowest BCUT2D eigenvalue weighted by Crippen LogP contribution is -2.32. The molecule has 1 aliphatic heterocycles. The molecule has 2 amide bonds. The number of hydrogen-bond donors (Lipinski definition) is 2. The summed E-state index contributed by atoms with van der Waals surface area (Å²) in [5.74, 6) is -0.258. The molecule has 4 rings (SSSR count). The van der Waals surface area contributed by atoms with Crippen LogP contribution < -0.4 is 10.2 Å². The molecule has 0 aromatic heterocycles. The second-order valence-corrected chi connectivity index (χ2v) is 9.41. The van der Waals surface area contributed by atoms with Gasteiger partial charge < -0.3 is 15.3 Å². The Labute approximate surface area is 207 Å². The van der Waals surface area contributed by atoms with Crippen molar-refractivity contribution in [1.82, 2.24) is 0 Å². The molecular formula is C30H34N2O3. The van der Waals surface area contributed by atoms with Crippen LogP contribution >= 0.6 is 0 Å². The number of carbonyl (C=O) groups excluding carboxylic acids is 2. The van der Waals surface area contributed by atoms with E-state index in [0.717, 1.165) is 48.1 Å². The lowest BCUT2D eigenvalue weighted by atomic mass is 9.98. The molecule has 0 saturated carbocycles. The van der Waals surface area contributed by atoms with Crippen LogP contribution in [0.15, 0.2) is 60.7 Å². The van der Waals surface area contributed by atoms with Crippen LogP contribution in [0.1, 0.15) is 81.7 Å². The number of unbranched alkanes of at least 4 members (excludes halogenated alkanes) is 1. The Balaban J connectivity index is 1.58. The molecule has 0 fully saturated rings. The molecule has 1 unspecified atom stereocenters. The Morgan fingerprint density at radius 2 is 1.80 bits per heavy atom. The molecule has 5 nitrogen and oxygen atoms in total. The number of aliphatic hydroxyl groups excluding tert-OH is 1. The van der Waals surface area contributed by atoms with Crippen LogP contribution in [0.4, 0.5) is 11.4 Å². The van der Waals surface area contributed by atoms with Gasteiger partial charge in [-0.15, -0.1) is 0 Å². The number of amides is 2. The van der Waals surface area contributed by atoms with Crippen molar-refractivity contribution in [3.63, 3.8) is 0 Å². The molecule has 35 heavy (non-hydrogen) atoms. The van der Waals surface area contributed by atoms with E-state index in [1.807, 2.05) is 44.2 Å². The van der Waals surface area contributed by atoms with Gasteiger partial charge in [-0.3, -0.25) is 9.59 Å². The molecule has 0 radical (unpaired) electrons. The highest BCUT2D eigenvalue weighted by atomic mass is 16.3. The second kappa shape index (κ2) is 10.9. The molecule has 0 bridgehead atoms. The van der Waals surface area contributed by atoms with E-state index in [4.69, 9.17) is 0 Å². The third-order valence-electron chi connectivity index (χ3n) is 6.77. The summed E-state index contributed by atoms with van der Waals surface area (Å²) in [7, 11) is 0. The van der Waals surface area contributed by atoms with Gasteiger partial charge in [-0.25, -0.2) is 0 Å². The van der Waals surface area contributed by atoms with Gasteiger partial charge in [-0.05, 0) is 86.6 Å². The molecule has 0 saturated heterocycles. The van der Waals surface area contributed by atoms with E-state index >= 15 is 0 Å². The molecule has 3 aromatic carbocycles. The molecule has 1 aliphatic rings. The van der Waals surface area contributed by atoms with E-state index in [1.54, 1.807) is 23.1 Å². The van der Waals surface area contributed by atoms with Crippen LogP contribution in [0.3, 0.4) is 0 Å². The van der Waals surface area contributed by atoms with Crippen LogP contribution in [0.2, 0.25) is 0 Å². The zero-order chi connectivity index (χ0) is 24.9. The number of benzene rings is 3. The lowest BCUT2D eigenvalue weighted by molar-refractivity contribution is 0.0985. The fraction of sp³-hybridized carbons (Fsp3) is 0.333. The van der Waals surface area contributed by atoms with Gasteiger partial charge in [0.2, 0.25) is 0 Å². The molecule has 182 valence electrons. The predicted molar refractivity (Wildman–Crippen MR) is 141 cm³/mol. The number of hydrogen-bond acceptors (Lipinski definition) is 3. The minimum absolute atomic E-state index is 0.0871. The fourth-order valence-electron chi connectivity index (χ4n) is 4.74. The molecule has 1 heterocycles. The van der Waals surface area contributed by atoms with Crippen molar-refractivity contribution < 1.29 is 14.7 Å². The molecule has 2 N–H and O–H groups in total. The quantitative estimate of drug-likeness (QED) is 0.440. The van der Waals surface area contributed by atoms with Crippen molar-refractivity contribution in [3.05, 3.63) is 94.0 Å². The SMILES string of the molecule is CCCCc1ccc2c(c1)C(O)CCCN2C(=O)c1ccc(NC(=O)c2ccccc2C)cc1C. The summed E-state index contributed by atoms with van der Waals surface area (Å²) < 4.78 is 0. The Hall–Kier alpha value is -3.44. The number of nitrogens with zero attached hydrogens (tertiary/aromatic N) is 1. The maximum absolute atomic E-state index is 13.7. The maximum Gasteiger partial charge on any atom is 0.258 e. The number of rotatable bonds is 6. The van der Waals surface area contributed by atoms with Gasteiger partial charge in [0.25, 0.3) is 11.8 Å². The van der Waals surface area contributed by atoms with Gasteiger partial charge in [-0.2, -0.15) is 0 Å². The van der Waals surface area contributed by atoms with Gasteiger partial charge in [0.1, 0.15) is 0 Å². The minimum Gasteiger partial charge on any atom is -0.388 e. The van der Waals surface area contributed by atoms with Crippen LogP contribution in [-0.4, -0.2) is 23.5 Å². The lowest BCUT2D eigenvalue weighted by Gasteiger charge is -2.25. The summed E-state index contributed by atoms with van der Waals surface area (Å²) in [5.41, 5.74) is 6.40. The Morgan fingerprint density at radius 3 is 2.54 bits per heavy atom. The second-order valence-electron chi connectivity index (χ2n) is 9.41. The molecule has 0 aliphatic carbocycles. The third kappa shape index (κ3) is 5.46. The van der Waals surface area contributed by atoms with Crippen LogP contribution in [0.25, 0.3) is 0 Å². The highest BCUT2D eigenvalue weighted by Gasteiger charge is 2.27. The largest absolute Gasteiger partial charge is 0.388 e. The molecule has 5 heteroatoms. The third-order valence-corrected chi connectivity index (χ3v) is 6.77. The fourth-order valence-corrected chi connectivity index (χ4v) is 4.74. The molecule has 1 atom stereocenters. The highest BCUT2D eigenvalue weighted by Crippen LogP contribution is 2.35. The number of nitrogens with one attached hydrogen (secondary N) is 1. The van der Waals surface area contributed by atoms with Crippen LogP contribution in [0, 0.1) is 13.8 Å². The van der Waals surface area contributed by atoms with Gasteiger partial charge in [-0.1, -0.05) is 43.7 Å². The van der Waals surface area contributed by atoms with Gasteiger partial charge >= 0.3 is 0 Å². The van der Waals surface area contributed by atoms with Crippen molar-refractivity contribution in [3.8, 4) is 0 Å². The van der Waals surface area contributed by atoms with Crippen molar-refractivity contribution in [2.45, 2.75) is 59.0 Å². The van der Waals surface area contributed by atoms with E-state index in [9.17, 15) is 14.7 Å².